The van der Waals surface area contributed by atoms with Gasteiger partial charge in [-0.2, -0.15) is 0 Å². The standard InChI is InChI=1S/C21H22BrN3O2/c1-13(10-14-2-6-17(7-3-14)25(26)27)24-20-8-4-15(22)11-18(20)19-12-16(23)5-9-21(19)24/h2-4,6-8,11,13,16H,5,9-10,12,23H2,1H3/t13-,16+/m1/s1. The SMILES string of the molecule is C[C@H](Cc1ccc([N+](=O)[O-])cc1)n1c2c(c3cc(Br)ccc31)C[C@@H](N)CC2. The lowest BCUT2D eigenvalue weighted by molar-refractivity contribution is -0.384. The number of rotatable bonds is 4. The molecule has 1 heterocycles. The second-order valence-corrected chi connectivity index (χ2v) is 8.35. The molecule has 140 valence electrons. The van der Waals surface area contributed by atoms with Crippen LogP contribution in [0.15, 0.2) is 46.9 Å². The summed E-state index contributed by atoms with van der Waals surface area (Å²) >= 11 is 3.60. The van der Waals surface area contributed by atoms with Gasteiger partial charge in [0.05, 0.1) is 4.92 Å². The van der Waals surface area contributed by atoms with Gasteiger partial charge in [-0.3, -0.25) is 10.1 Å². The van der Waals surface area contributed by atoms with Gasteiger partial charge in [0.1, 0.15) is 0 Å². The summed E-state index contributed by atoms with van der Waals surface area (Å²) < 4.78 is 3.53. The number of nitrogens with two attached hydrogens (primary N) is 1. The summed E-state index contributed by atoms with van der Waals surface area (Å²) in [6.07, 6.45) is 3.75. The topological polar surface area (TPSA) is 74.1 Å². The zero-order chi connectivity index (χ0) is 19.1. The highest BCUT2D eigenvalue weighted by atomic mass is 79.9. The number of nitro groups is 1. The third-order valence-electron chi connectivity index (χ3n) is 5.52. The van der Waals surface area contributed by atoms with Crippen LogP contribution in [0.2, 0.25) is 0 Å². The maximum atomic E-state index is 10.9. The van der Waals surface area contributed by atoms with Gasteiger partial charge in [-0.25, -0.2) is 0 Å². The number of hydrogen-bond acceptors (Lipinski definition) is 3. The fourth-order valence-electron chi connectivity index (χ4n) is 4.28. The van der Waals surface area contributed by atoms with Crippen molar-refractivity contribution in [2.24, 2.45) is 5.73 Å². The molecule has 3 aromatic rings. The van der Waals surface area contributed by atoms with Crippen LogP contribution in [0.3, 0.4) is 0 Å². The van der Waals surface area contributed by atoms with Crippen LogP contribution in [-0.4, -0.2) is 15.5 Å². The first-order chi connectivity index (χ1) is 12.9. The fraction of sp³-hybridized carbons (Fsp3) is 0.333. The monoisotopic (exact) mass is 427 g/mol. The van der Waals surface area contributed by atoms with Crippen molar-refractivity contribution >= 4 is 32.5 Å². The van der Waals surface area contributed by atoms with E-state index in [1.807, 2.05) is 12.1 Å². The molecule has 5 nitrogen and oxygen atoms in total. The number of non-ortho nitro benzene ring substituents is 1. The Morgan fingerprint density at radius 1 is 1.30 bits per heavy atom. The van der Waals surface area contributed by atoms with Gasteiger partial charge in [0.2, 0.25) is 0 Å². The molecule has 1 aliphatic rings. The predicted octanol–water partition coefficient (Wildman–Crippen LogP) is 4.93. The van der Waals surface area contributed by atoms with Crippen LogP contribution in [0.1, 0.15) is 36.2 Å². The highest BCUT2D eigenvalue weighted by molar-refractivity contribution is 9.10. The summed E-state index contributed by atoms with van der Waals surface area (Å²) in [7, 11) is 0. The molecular weight excluding hydrogens is 406 g/mol. The summed E-state index contributed by atoms with van der Waals surface area (Å²) in [6.45, 7) is 2.22. The largest absolute Gasteiger partial charge is 0.341 e. The molecule has 0 aliphatic heterocycles. The zero-order valence-electron chi connectivity index (χ0n) is 15.2. The first-order valence-electron chi connectivity index (χ1n) is 9.24. The molecule has 0 bridgehead atoms. The van der Waals surface area contributed by atoms with Crippen LogP contribution in [0.5, 0.6) is 0 Å². The average Bonchev–Trinajstić information content (AvgIpc) is 2.95. The van der Waals surface area contributed by atoms with Crippen LogP contribution in [0.4, 0.5) is 5.69 Å². The van der Waals surface area contributed by atoms with Crippen LogP contribution in [0.25, 0.3) is 10.9 Å². The molecule has 4 rings (SSSR count). The van der Waals surface area contributed by atoms with Crippen molar-refractivity contribution in [2.45, 2.75) is 44.7 Å². The summed E-state index contributed by atoms with van der Waals surface area (Å²) in [6, 6.07) is 13.8. The number of halogens is 1. The lowest BCUT2D eigenvalue weighted by atomic mass is 9.92. The Hall–Kier alpha value is -2.18. The molecule has 0 unspecified atom stereocenters. The number of aromatic nitrogens is 1. The minimum atomic E-state index is -0.357. The van der Waals surface area contributed by atoms with Crippen LogP contribution in [-0.2, 0) is 19.3 Å². The van der Waals surface area contributed by atoms with Gasteiger partial charge >= 0.3 is 0 Å². The van der Waals surface area contributed by atoms with E-state index in [1.54, 1.807) is 12.1 Å². The summed E-state index contributed by atoms with van der Waals surface area (Å²) in [5.41, 5.74) is 11.5. The summed E-state index contributed by atoms with van der Waals surface area (Å²) in [5.74, 6) is 0. The molecule has 0 fully saturated rings. The third kappa shape index (κ3) is 3.39. The number of nitrogens with zero attached hydrogens (tertiary/aromatic N) is 2. The minimum Gasteiger partial charge on any atom is -0.341 e. The molecule has 1 aromatic heterocycles. The lowest BCUT2D eigenvalue weighted by Gasteiger charge is -2.24. The van der Waals surface area contributed by atoms with Crippen LogP contribution >= 0.6 is 15.9 Å². The van der Waals surface area contributed by atoms with Gasteiger partial charge < -0.3 is 10.3 Å². The normalized spacial score (nSPS) is 17.7. The molecular formula is C21H22BrN3O2. The van der Waals surface area contributed by atoms with Gasteiger partial charge in [0.15, 0.2) is 0 Å². The maximum Gasteiger partial charge on any atom is 0.269 e. The van der Waals surface area contributed by atoms with E-state index in [4.69, 9.17) is 5.73 Å². The number of nitro benzene ring substituents is 1. The van der Waals surface area contributed by atoms with Gasteiger partial charge in [-0.15, -0.1) is 0 Å². The van der Waals surface area contributed by atoms with Crippen molar-refractivity contribution in [1.29, 1.82) is 0 Å². The fourth-order valence-corrected chi connectivity index (χ4v) is 4.64. The van der Waals surface area contributed by atoms with E-state index >= 15 is 0 Å². The maximum absolute atomic E-state index is 10.9. The zero-order valence-corrected chi connectivity index (χ0v) is 16.8. The molecule has 27 heavy (non-hydrogen) atoms. The third-order valence-corrected chi connectivity index (χ3v) is 6.01. The highest BCUT2D eigenvalue weighted by Crippen LogP contribution is 2.36. The van der Waals surface area contributed by atoms with E-state index in [2.05, 4.69) is 45.6 Å². The van der Waals surface area contributed by atoms with E-state index in [1.165, 1.54) is 22.2 Å². The number of benzene rings is 2. The van der Waals surface area contributed by atoms with Crippen molar-refractivity contribution in [3.63, 3.8) is 0 Å². The summed E-state index contributed by atoms with van der Waals surface area (Å²) in [5, 5.41) is 12.2. The molecule has 2 atom stereocenters. The van der Waals surface area contributed by atoms with Crippen molar-refractivity contribution < 1.29 is 4.92 Å². The molecule has 6 heteroatoms. The Balaban J connectivity index is 1.73. The second-order valence-electron chi connectivity index (χ2n) is 7.44. The van der Waals surface area contributed by atoms with Crippen molar-refractivity contribution in [3.05, 3.63) is 73.9 Å². The van der Waals surface area contributed by atoms with Gasteiger partial charge in [0.25, 0.3) is 5.69 Å². The molecule has 2 N–H and O–H groups in total. The predicted molar refractivity (Wildman–Crippen MR) is 111 cm³/mol. The Kier molecular flexibility index (Phi) is 4.78. The van der Waals surface area contributed by atoms with Gasteiger partial charge in [0, 0.05) is 45.3 Å². The molecule has 1 aliphatic carbocycles. The van der Waals surface area contributed by atoms with Crippen LogP contribution < -0.4 is 5.73 Å². The van der Waals surface area contributed by atoms with Gasteiger partial charge in [-0.05, 0) is 61.9 Å². The van der Waals surface area contributed by atoms with Crippen molar-refractivity contribution in [3.8, 4) is 0 Å². The number of fused-ring (bicyclic) bond motifs is 3. The molecule has 0 saturated carbocycles. The highest BCUT2D eigenvalue weighted by Gasteiger charge is 2.25. The van der Waals surface area contributed by atoms with Crippen molar-refractivity contribution in [1.82, 2.24) is 4.57 Å². The van der Waals surface area contributed by atoms with Gasteiger partial charge in [-0.1, -0.05) is 28.1 Å². The van der Waals surface area contributed by atoms with E-state index < -0.39 is 0 Å². The van der Waals surface area contributed by atoms with E-state index in [0.717, 1.165) is 35.7 Å². The first kappa shape index (κ1) is 18.2. The van der Waals surface area contributed by atoms with E-state index in [9.17, 15) is 10.1 Å². The smallest absolute Gasteiger partial charge is 0.269 e. The minimum absolute atomic E-state index is 0.133. The molecule has 0 radical (unpaired) electrons. The van der Waals surface area contributed by atoms with Crippen molar-refractivity contribution in [2.75, 3.05) is 0 Å². The molecule has 2 aromatic carbocycles. The molecule has 0 spiro atoms. The Morgan fingerprint density at radius 2 is 2.04 bits per heavy atom. The Bertz CT molecular complexity index is 1010. The van der Waals surface area contributed by atoms with E-state index in [-0.39, 0.29) is 22.7 Å². The quantitative estimate of drug-likeness (QED) is 0.473. The summed E-state index contributed by atoms with van der Waals surface area (Å²) in [4.78, 5) is 10.5. The Labute approximate surface area is 166 Å². The first-order valence-corrected chi connectivity index (χ1v) is 10.0. The van der Waals surface area contributed by atoms with E-state index in [0.29, 0.717) is 0 Å². The number of hydrogen-bond donors (Lipinski definition) is 1. The Morgan fingerprint density at radius 3 is 2.74 bits per heavy atom. The second kappa shape index (κ2) is 7.09. The lowest BCUT2D eigenvalue weighted by Crippen LogP contribution is -2.28. The molecule has 0 amide bonds. The van der Waals surface area contributed by atoms with Crippen LogP contribution in [0, 0.1) is 10.1 Å². The average molecular weight is 428 g/mol. The molecule has 0 saturated heterocycles.